The summed E-state index contributed by atoms with van der Waals surface area (Å²) in [5.41, 5.74) is 2.19. The van der Waals surface area contributed by atoms with Crippen LogP contribution in [0.2, 0.25) is 0 Å². The summed E-state index contributed by atoms with van der Waals surface area (Å²) in [6.07, 6.45) is 0.0740. The van der Waals surface area contributed by atoms with Crippen LogP contribution in [0, 0.1) is 6.92 Å². The van der Waals surface area contributed by atoms with Crippen molar-refractivity contribution in [1.29, 1.82) is 0 Å². The topological polar surface area (TPSA) is 84.9 Å². The Balaban J connectivity index is 1.78. The number of rotatable bonds is 10. The van der Waals surface area contributed by atoms with Crippen molar-refractivity contribution in [2.45, 2.75) is 38.3 Å². The molecule has 0 unspecified atom stereocenters. The molecule has 8 heteroatoms. The predicted molar refractivity (Wildman–Crippen MR) is 133 cm³/mol. The van der Waals surface area contributed by atoms with Crippen molar-refractivity contribution in [2.75, 3.05) is 18.0 Å². The molecule has 0 aliphatic heterocycles. The maximum atomic E-state index is 13.4. The molecule has 0 fully saturated rings. The lowest BCUT2D eigenvalue weighted by atomic mass is 10.2. The third-order valence-corrected chi connectivity index (χ3v) is 6.83. The summed E-state index contributed by atoms with van der Waals surface area (Å²) in [6, 6.07) is 20.5. The Kier molecular flexibility index (Phi) is 8.17. The van der Waals surface area contributed by atoms with Gasteiger partial charge in [-0.15, -0.1) is 0 Å². The molecule has 0 spiro atoms. The molecule has 0 aliphatic rings. The number of amides is 1. The van der Waals surface area contributed by atoms with E-state index < -0.39 is 15.9 Å². The average Bonchev–Trinajstić information content (AvgIpc) is 2.82. The molecule has 34 heavy (non-hydrogen) atoms. The highest BCUT2D eigenvalue weighted by Gasteiger charge is 2.27. The number of nitrogens with zero attached hydrogens (tertiary/aromatic N) is 1. The molecule has 0 saturated heterocycles. The fourth-order valence-electron chi connectivity index (χ4n) is 3.25. The summed E-state index contributed by atoms with van der Waals surface area (Å²) in [4.78, 5) is 12.9. The Morgan fingerprint density at radius 2 is 1.50 bits per heavy atom. The van der Waals surface area contributed by atoms with Crippen molar-refractivity contribution < 1.29 is 22.7 Å². The van der Waals surface area contributed by atoms with E-state index in [0.29, 0.717) is 11.4 Å². The molecule has 1 amide bonds. The Morgan fingerprint density at radius 1 is 0.912 bits per heavy atom. The molecule has 0 radical (unpaired) electrons. The zero-order valence-electron chi connectivity index (χ0n) is 19.8. The summed E-state index contributed by atoms with van der Waals surface area (Å²) in [5.74, 6) is 0.916. The van der Waals surface area contributed by atoms with Crippen LogP contribution in [0.15, 0.2) is 77.7 Å². The van der Waals surface area contributed by atoms with Gasteiger partial charge in [0.25, 0.3) is 10.0 Å². The van der Waals surface area contributed by atoms with Gasteiger partial charge in [0.05, 0.1) is 23.8 Å². The second-order valence-electron chi connectivity index (χ2n) is 8.11. The zero-order chi connectivity index (χ0) is 24.7. The van der Waals surface area contributed by atoms with E-state index >= 15 is 0 Å². The molecular weight excluding hydrogens is 452 g/mol. The molecule has 3 aromatic rings. The van der Waals surface area contributed by atoms with Gasteiger partial charge in [0.2, 0.25) is 5.91 Å². The average molecular weight is 483 g/mol. The summed E-state index contributed by atoms with van der Waals surface area (Å²) in [5, 5.41) is 2.80. The van der Waals surface area contributed by atoms with Crippen molar-refractivity contribution in [2.24, 2.45) is 0 Å². The first kappa shape index (κ1) is 25.1. The number of sulfonamides is 1. The Labute approximate surface area is 201 Å². The van der Waals surface area contributed by atoms with Crippen LogP contribution in [-0.2, 0) is 21.4 Å². The molecule has 1 N–H and O–H groups in total. The van der Waals surface area contributed by atoms with Crippen molar-refractivity contribution in [3.63, 3.8) is 0 Å². The number of carbonyl (C=O) groups excluding carboxylic acids is 1. The van der Waals surface area contributed by atoms with Gasteiger partial charge in [-0.3, -0.25) is 9.10 Å². The molecule has 0 atom stereocenters. The highest BCUT2D eigenvalue weighted by molar-refractivity contribution is 7.92. The second kappa shape index (κ2) is 11.1. The van der Waals surface area contributed by atoms with E-state index in [1.165, 1.54) is 7.11 Å². The Hall–Kier alpha value is -3.52. The van der Waals surface area contributed by atoms with Gasteiger partial charge < -0.3 is 14.8 Å². The quantitative estimate of drug-likeness (QED) is 0.466. The first-order valence-corrected chi connectivity index (χ1v) is 12.4. The van der Waals surface area contributed by atoms with Crippen molar-refractivity contribution in [3.8, 4) is 11.5 Å². The zero-order valence-corrected chi connectivity index (χ0v) is 20.6. The molecule has 3 rings (SSSR count). The lowest BCUT2D eigenvalue weighted by Crippen LogP contribution is -2.40. The van der Waals surface area contributed by atoms with Gasteiger partial charge in [-0.2, -0.15) is 0 Å². The third kappa shape index (κ3) is 6.51. The second-order valence-corrected chi connectivity index (χ2v) is 9.97. The van der Waals surface area contributed by atoms with Gasteiger partial charge in [-0.05, 0) is 74.9 Å². The van der Waals surface area contributed by atoms with E-state index in [1.54, 1.807) is 48.5 Å². The van der Waals surface area contributed by atoms with Crippen LogP contribution >= 0.6 is 0 Å². The summed E-state index contributed by atoms with van der Waals surface area (Å²) >= 11 is 0. The molecule has 7 nitrogen and oxygen atoms in total. The molecule has 0 saturated carbocycles. The summed E-state index contributed by atoms with van der Waals surface area (Å²) in [7, 11) is -2.44. The number of ether oxygens (including phenoxy) is 2. The van der Waals surface area contributed by atoms with Crippen molar-refractivity contribution >= 4 is 21.6 Å². The maximum Gasteiger partial charge on any atom is 0.264 e. The van der Waals surface area contributed by atoms with Gasteiger partial charge in [0, 0.05) is 6.54 Å². The lowest BCUT2D eigenvalue weighted by Gasteiger charge is -2.24. The summed E-state index contributed by atoms with van der Waals surface area (Å²) < 4.78 is 38.8. The number of methoxy groups -OCH3 is 1. The number of carbonyl (C=O) groups is 1. The van der Waals surface area contributed by atoms with Crippen LogP contribution in [0.5, 0.6) is 11.5 Å². The Bertz CT molecular complexity index is 1190. The van der Waals surface area contributed by atoms with E-state index in [0.717, 1.165) is 21.2 Å². The van der Waals surface area contributed by atoms with Crippen LogP contribution in [0.3, 0.4) is 0 Å². The highest BCUT2D eigenvalue weighted by atomic mass is 32.2. The molecule has 180 valence electrons. The number of hydrogen-bond donors (Lipinski definition) is 1. The molecule has 0 aromatic heterocycles. The van der Waals surface area contributed by atoms with Crippen LogP contribution in [0.1, 0.15) is 25.0 Å². The molecule has 0 bridgehead atoms. The highest BCUT2D eigenvalue weighted by Crippen LogP contribution is 2.26. The fraction of sp³-hybridized carbons (Fsp3) is 0.269. The van der Waals surface area contributed by atoms with E-state index in [4.69, 9.17) is 9.47 Å². The van der Waals surface area contributed by atoms with Gasteiger partial charge in [0.15, 0.2) is 0 Å². The smallest absolute Gasteiger partial charge is 0.264 e. The van der Waals surface area contributed by atoms with Gasteiger partial charge >= 0.3 is 0 Å². The fourth-order valence-corrected chi connectivity index (χ4v) is 4.67. The Morgan fingerprint density at radius 3 is 2.06 bits per heavy atom. The van der Waals surface area contributed by atoms with E-state index in [-0.39, 0.29) is 24.1 Å². The number of nitrogens with one attached hydrogen (secondary N) is 1. The maximum absolute atomic E-state index is 13.4. The van der Waals surface area contributed by atoms with Crippen LogP contribution in [0.25, 0.3) is 0 Å². The SMILES string of the molecule is COc1ccc(N(CC(=O)NCc2ccc(OC(C)C)cc2)S(=O)(=O)c2ccc(C)cc2)cc1. The van der Waals surface area contributed by atoms with Crippen molar-refractivity contribution in [3.05, 3.63) is 83.9 Å². The number of aryl methyl sites for hydroxylation is 1. The number of anilines is 1. The van der Waals surface area contributed by atoms with Gasteiger partial charge in [0.1, 0.15) is 18.0 Å². The van der Waals surface area contributed by atoms with E-state index in [1.807, 2.05) is 45.0 Å². The van der Waals surface area contributed by atoms with Crippen LogP contribution in [-0.4, -0.2) is 34.1 Å². The molecular formula is C26H30N2O5S. The van der Waals surface area contributed by atoms with Gasteiger partial charge in [-0.1, -0.05) is 29.8 Å². The molecule has 0 aliphatic carbocycles. The number of benzene rings is 3. The molecule has 3 aromatic carbocycles. The lowest BCUT2D eigenvalue weighted by molar-refractivity contribution is -0.119. The van der Waals surface area contributed by atoms with Crippen LogP contribution < -0.4 is 19.1 Å². The largest absolute Gasteiger partial charge is 0.497 e. The summed E-state index contributed by atoms with van der Waals surface area (Å²) in [6.45, 7) is 5.69. The first-order chi connectivity index (χ1) is 16.2. The molecule has 0 heterocycles. The minimum atomic E-state index is -3.97. The third-order valence-electron chi connectivity index (χ3n) is 5.04. The first-order valence-electron chi connectivity index (χ1n) is 10.9. The monoisotopic (exact) mass is 482 g/mol. The van der Waals surface area contributed by atoms with Crippen molar-refractivity contribution in [1.82, 2.24) is 5.32 Å². The van der Waals surface area contributed by atoms with E-state index in [2.05, 4.69) is 5.32 Å². The van der Waals surface area contributed by atoms with E-state index in [9.17, 15) is 13.2 Å². The normalized spacial score (nSPS) is 11.2. The minimum absolute atomic E-state index is 0.0740. The number of hydrogen-bond acceptors (Lipinski definition) is 5. The minimum Gasteiger partial charge on any atom is -0.497 e. The van der Waals surface area contributed by atoms with Crippen LogP contribution in [0.4, 0.5) is 5.69 Å². The van der Waals surface area contributed by atoms with Gasteiger partial charge in [-0.25, -0.2) is 8.42 Å². The standard InChI is InChI=1S/C26H30N2O5S/c1-19(2)33-24-11-7-21(8-12-24)17-27-26(29)18-28(22-9-13-23(32-4)14-10-22)34(30,31)25-15-5-20(3)6-16-25/h5-16,19H,17-18H2,1-4H3,(H,27,29). The predicted octanol–water partition coefficient (Wildman–Crippen LogP) is 4.30.